The van der Waals surface area contributed by atoms with Crippen molar-refractivity contribution in [1.29, 1.82) is 0 Å². The van der Waals surface area contributed by atoms with Gasteiger partial charge in [-0.1, -0.05) is 0 Å². The average Bonchev–Trinajstić information content (AvgIpc) is 2.65. The van der Waals surface area contributed by atoms with Crippen LogP contribution < -0.4 is 5.32 Å². The highest BCUT2D eigenvalue weighted by atomic mass is 19.1. The molecule has 78 valence electrons. The molecule has 0 aromatic carbocycles. The third-order valence-electron chi connectivity index (χ3n) is 1.89. The Morgan fingerprint density at radius 3 is 2.87 bits per heavy atom. The first kappa shape index (κ1) is 9.57. The Morgan fingerprint density at radius 2 is 2.27 bits per heavy atom. The second kappa shape index (κ2) is 3.64. The summed E-state index contributed by atoms with van der Waals surface area (Å²) in [5.41, 5.74) is 0.805. The van der Waals surface area contributed by atoms with Gasteiger partial charge in [0, 0.05) is 13.2 Å². The van der Waals surface area contributed by atoms with Gasteiger partial charge in [0.15, 0.2) is 11.6 Å². The number of nitrogens with zero attached hydrogens (tertiary/aromatic N) is 4. The van der Waals surface area contributed by atoms with Gasteiger partial charge in [-0.25, -0.2) is 14.1 Å². The predicted octanol–water partition coefficient (Wildman–Crippen LogP) is 1.15. The van der Waals surface area contributed by atoms with Gasteiger partial charge in [-0.2, -0.15) is 10.1 Å². The van der Waals surface area contributed by atoms with Gasteiger partial charge in [-0.3, -0.25) is 0 Å². The van der Waals surface area contributed by atoms with Crippen LogP contribution >= 0.6 is 0 Å². The predicted molar refractivity (Wildman–Crippen MR) is 53.4 cm³/mol. The van der Waals surface area contributed by atoms with Crippen LogP contribution in [0.2, 0.25) is 0 Å². The van der Waals surface area contributed by atoms with Crippen molar-refractivity contribution in [2.24, 2.45) is 0 Å². The van der Waals surface area contributed by atoms with Gasteiger partial charge in [0.05, 0.1) is 11.9 Å². The first-order valence-corrected chi connectivity index (χ1v) is 4.43. The molecule has 0 spiro atoms. The van der Waals surface area contributed by atoms with Crippen LogP contribution in [0, 0.1) is 12.7 Å². The van der Waals surface area contributed by atoms with Crippen LogP contribution in [0.3, 0.4) is 0 Å². The van der Waals surface area contributed by atoms with Crippen LogP contribution in [0.1, 0.15) is 5.69 Å². The van der Waals surface area contributed by atoms with Crippen LogP contribution in [0.5, 0.6) is 0 Å². The van der Waals surface area contributed by atoms with E-state index in [0.717, 1.165) is 11.9 Å². The number of hydrogen-bond acceptors (Lipinski definition) is 4. The van der Waals surface area contributed by atoms with Gasteiger partial charge in [0.1, 0.15) is 0 Å². The average molecular weight is 207 g/mol. The van der Waals surface area contributed by atoms with Crippen LogP contribution in [-0.2, 0) is 0 Å². The monoisotopic (exact) mass is 207 g/mol. The molecule has 0 aliphatic rings. The van der Waals surface area contributed by atoms with E-state index in [-0.39, 0.29) is 5.82 Å². The van der Waals surface area contributed by atoms with Gasteiger partial charge in [-0.15, -0.1) is 0 Å². The zero-order valence-corrected chi connectivity index (χ0v) is 8.40. The maximum atomic E-state index is 13.4. The maximum Gasteiger partial charge on any atom is 0.224 e. The molecular weight excluding hydrogens is 197 g/mol. The molecule has 15 heavy (non-hydrogen) atoms. The van der Waals surface area contributed by atoms with Crippen molar-refractivity contribution in [3.05, 3.63) is 30.0 Å². The number of aryl methyl sites for hydroxylation is 1. The lowest BCUT2D eigenvalue weighted by Gasteiger charge is -2.03. The molecule has 1 N–H and O–H groups in total. The van der Waals surface area contributed by atoms with E-state index in [9.17, 15) is 4.39 Å². The molecule has 2 aromatic heterocycles. The Hall–Kier alpha value is -1.98. The summed E-state index contributed by atoms with van der Waals surface area (Å²) in [4.78, 5) is 7.73. The van der Waals surface area contributed by atoms with Crippen molar-refractivity contribution in [3.8, 4) is 5.82 Å². The summed E-state index contributed by atoms with van der Waals surface area (Å²) in [7, 11) is 1.67. The van der Waals surface area contributed by atoms with Crippen molar-refractivity contribution in [2.75, 3.05) is 12.4 Å². The lowest BCUT2D eigenvalue weighted by atomic mass is 10.5. The zero-order valence-electron chi connectivity index (χ0n) is 8.40. The lowest BCUT2D eigenvalue weighted by Crippen LogP contribution is -2.06. The van der Waals surface area contributed by atoms with E-state index in [1.165, 1.54) is 4.68 Å². The van der Waals surface area contributed by atoms with Crippen molar-refractivity contribution in [3.63, 3.8) is 0 Å². The smallest absolute Gasteiger partial charge is 0.224 e. The van der Waals surface area contributed by atoms with Gasteiger partial charge < -0.3 is 5.32 Å². The minimum Gasteiger partial charge on any atom is -0.357 e. The van der Waals surface area contributed by atoms with Crippen LogP contribution in [0.25, 0.3) is 5.82 Å². The standard InChI is InChI=1S/C9H10FN5/c1-6-3-4-15(14-6)8-7(10)5-12-9(11-2)13-8/h3-5H,1-2H3,(H,11,12,13). The minimum absolute atomic E-state index is 0.141. The van der Waals surface area contributed by atoms with Gasteiger partial charge in [0.25, 0.3) is 0 Å². The van der Waals surface area contributed by atoms with E-state index < -0.39 is 5.82 Å². The minimum atomic E-state index is -0.503. The lowest BCUT2D eigenvalue weighted by molar-refractivity contribution is 0.593. The summed E-state index contributed by atoms with van der Waals surface area (Å²) in [6.45, 7) is 1.83. The highest BCUT2D eigenvalue weighted by Crippen LogP contribution is 2.10. The number of aromatic nitrogens is 4. The van der Waals surface area contributed by atoms with Crippen molar-refractivity contribution >= 4 is 5.95 Å². The summed E-state index contributed by atoms with van der Waals surface area (Å²) < 4.78 is 14.8. The molecule has 0 unspecified atom stereocenters. The van der Waals surface area contributed by atoms with E-state index in [0.29, 0.717) is 5.95 Å². The quantitative estimate of drug-likeness (QED) is 0.802. The van der Waals surface area contributed by atoms with Gasteiger partial charge in [-0.05, 0) is 13.0 Å². The van der Waals surface area contributed by atoms with Crippen LogP contribution in [0.4, 0.5) is 10.3 Å². The van der Waals surface area contributed by atoms with Gasteiger partial charge in [0.2, 0.25) is 5.95 Å². The molecule has 0 saturated carbocycles. The molecule has 0 amide bonds. The Bertz CT molecular complexity index is 479. The first-order chi connectivity index (χ1) is 7.20. The second-order valence-electron chi connectivity index (χ2n) is 3.02. The normalized spacial score (nSPS) is 10.3. The Labute approximate surface area is 86.0 Å². The van der Waals surface area contributed by atoms with Crippen LogP contribution in [-0.4, -0.2) is 26.8 Å². The third kappa shape index (κ3) is 1.78. The highest BCUT2D eigenvalue weighted by Gasteiger charge is 2.08. The molecule has 0 fully saturated rings. The number of halogens is 1. The fourth-order valence-corrected chi connectivity index (χ4v) is 1.17. The fourth-order valence-electron chi connectivity index (χ4n) is 1.17. The van der Waals surface area contributed by atoms with E-state index >= 15 is 0 Å². The molecular formula is C9H10FN5. The van der Waals surface area contributed by atoms with E-state index in [4.69, 9.17) is 0 Å². The third-order valence-corrected chi connectivity index (χ3v) is 1.89. The van der Waals surface area contributed by atoms with E-state index in [1.807, 2.05) is 6.92 Å². The topological polar surface area (TPSA) is 55.6 Å². The SMILES string of the molecule is CNc1ncc(F)c(-n2ccc(C)n2)n1. The number of anilines is 1. The largest absolute Gasteiger partial charge is 0.357 e. The number of hydrogen-bond donors (Lipinski definition) is 1. The molecule has 2 aromatic rings. The second-order valence-corrected chi connectivity index (χ2v) is 3.02. The van der Waals surface area contributed by atoms with Crippen molar-refractivity contribution in [2.45, 2.75) is 6.92 Å². The summed E-state index contributed by atoms with van der Waals surface area (Å²) in [6, 6.07) is 1.78. The molecule has 2 rings (SSSR count). The van der Waals surface area contributed by atoms with E-state index in [1.54, 1.807) is 19.3 Å². The molecule has 0 atom stereocenters. The Morgan fingerprint density at radius 1 is 1.47 bits per heavy atom. The van der Waals surface area contributed by atoms with Gasteiger partial charge >= 0.3 is 0 Å². The molecule has 0 radical (unpaired) electrons. The zero-order chi connectivity index (χ0) is 10.8. The Kier molecular flexibility index (Phi) is 2.32. The number of rotatable bonds is 2. The highest BCUT2D eigenvalue weighted by molar-refractivity contribution is 5.32. The molecule has 0 bridgehead atoms. The molecule has 0 aliphatic heterocycles. The van der Waals surface area contributed by atoms with E-state index in [2.05, 4.69) is 20.4 Å². The molecule has 6 heteroatoms. The number of nitrogens with one attached hydrogen (secondary N) is 1. The Balaban J connectivity index is 2.51. The molecule has 0 saturated heterocycles. The summed E-state index contributed by atoms with van der Waals surface area (Å²) in [6.07, 6.45) is 2.77. The van der Waals surface area contributed by atoms with Crippen molar-refractivity contribution < 1.29 is 4.39 Å². The van der Waals surface area contributed by atoms with Crippen molar-refractivity contribution in [1.82, 2.24) is 19.7 Å². The molecule has 2 heterocycles. The molecule has 5 nitrogen and oxygen atoms in total. The summed E-state index contributed by atoms with van der Waals surface area (Å²) >= 11 is 0. The maximum absolute atomic E-state index is 13.4. The fraction of sp³-hybridized carbons (Fsp3) is 0.222. The van der Waals surface area contributed by atoms with Crippen LogP contribution in [0.15, 0.2) is 18.5 Å². The summed E-state index contributed by atoms with van der Waals surface area (Å²) in [5, 5.41) is 6.82. The first-order valence-electron chi connectivity index (χ1n) is 4.43. The summed E-state index contributed by atoms with van der Waals surface area (Å²) in [5.74, 6) is -0.000830. The molecule has 0 aliphatic carbocycles.